The number of carbonyl (C=O) groups excluding carboxylic acids is 1. The summed E-state index contributed by atoms with van der Waals surface area (Å²) >= 11 is 3.90. The standard InChI is InChI=1S/C9H21N3OS/c1-9(2,11-14)8(13)10-6-5-7-12(3)4/h11,14H,5-7H2,1-4H3,(H,10,13). The first-order valence-corrected chi connectivity index (χ1v) is 5.19. The second-order valence-electron chi connectivity index (χ2n) is 4.15. The quantitative estimate of drug-likeness (QED) is 0.444. The van der Waals surface area contributed by atoms with Gasteiger partial charge in [0.1, 0.15) is 5.54 Å². The summed E-state index contributed by atoms with van der Waals surface area (Å²) in [5.74, 6) is -0.0220. The zero-order valence-corrected chi connectivity index (χ0v) is 10.3. The highest BCUT2D eigenvalue weighted by Crippen LogP contribution is 2.02. The molecule has 0 rings (SSSR count). The maximum atomic E-state index is 11.5. The number of thiol groups is 1. The summed E-state index contributed by atoms with van der Waals surface area (Å²) < 4.78 is 2.66. The van der Waals surface area contributed by atoms with Crippen LogP contribution >= 0.6 is 12.8 Å². The van der Waals surface area contributed by atoms with Crippen LogP contribution in [0.4, 0.5) is 0 Å². The molecule has 0 spiro atoms. The van der Waals surface area contributed by atoms with Gasteiger partial charge in [-0.3, -0.25) is 9.52 Å². The molecule has 0 aliphatic carbocycles. The molecule has 0 heterocycles. The Morgan fingerprint density at radius 3 is 2.43 bits per heavy atom. The molecule has 0 saturated heterocycles. The third-order valence-electron chi connectivity index (χ3n) is 1.91. The van der Waals surface area contributed by atoms with E-state index in [0.717, 1.165) is 13.0 Å². The average Bonchev–Trinajstić information content (AvgIpc) is 2.11. The summed E-state index contributed by atoms with van der Waals surface area (Å²) in [6, 6.07) is 0. The van der Waals surface area contributed by atoms with Crippen molar-refractivity contribution in [2.45, 2.75) is 25.8 Å². The highest BCUT2D eigenvalue weighted by atomic mass is 32.1. The second kappa shape index (κ2) is 6.27. The van der Waals surface area contributed by atoms with Crippen molar-refractivity contribution in [1.29, 1.82) is 0 Å². The number of hydrogen-bond acceptors (Lipinski definition) is 4. The van der Waals surface area contributed by atoms with Crippen molar-refractivity contribution in [1.82, 2.24) is 14.9 Å². The smallest absolute Gasteiger partial charge is 0.240 e. The van der Waals surface area contributed by atoms with E-state index in [2.05, 4.69) is 27.8 Å². The molecular weight excluding hydrogens is 198 g/mol. The van der Waals surface area contributed by atoms with Gasteiger partial charge in [0.05, 0.1) is 0 Å². The lowest BCUT2D eigenvalue weighted by molar-refractivity contribution is -0.125. The Balaban J connectivity index is 3.64. The minimum absolute atomic E-state index is 0.0220. The first kappa shape index (κ1) is 13.7. The van der Waals surface area contributed by atoms with E-state index in [1.54, 1.807) is 13.8 Å². The summed E-state index contributed by atoms with van der Waals surface area (Å²) in [6.07, 6.45) is 0.960. The molecule has 0 bridgehead atoms. The van der Waals surface area contributed by atoms with Crippen molar-refractivity contribution in [3.63, 3.8) is 0 Å². The number of nitrogens with zero attached hydrogens (tertiary/aromatic N) is 1. The molecule has 0 unspecified atom stereocenters. The fourth-order valence-corrected chi connectivity index (χ4v) is 0.970. The number of rotatable bonds is 6. The lowest BCUT2D eigenvalue weighted by atomic mass is 10.1. The van der Waals surface area contributed by atoms with Gasteiger partial charge in [0.25, 0.3) is 0 Å². The summed E-state index contributed by atoms with van der Waals surface area (Å²) in [4.78, 5) is 13.6. The topological polar surface area (TPSA) is 44.4 Å². The molecule has 0 aliphatic rings. The predicted molar refractivity (Wildman–Crippen MR) is 62.4 cm³/mol. The lowest BCUT2D eigenvalue weighted by Gasteiger charge is -2.22. The summed E-state index contributed by atoms with van der Waals surface area (Å²) in [7, 11) is 4.03. The maximum Gasteiger partial charge on any atom is 0.240 e. The molecule has 0 aromatic rings. The first-order chi connectivity index (χ1) is 6.40. The molecule has 84 valence electrons. The van der Waals surface area contributed by atoms with E-state index in [0.29, 0.717) is 6.54 Å². The van der Waals surface area contributed by atoms with Crippen molar-refractivity contribution in [2.24, 2.45) is 0 Å². The molecule has 0 aromatic carbocycles. The molecule has 14 heavy (non-hydrogen) atoms. The van der Waals surface area contributed by atoms with E-state index in [-0.39, 0.29) is 5.91 Å². The van der Waals surface area contributed by atoms with E-state index < -0.39 is 5.54 Å². The van der Waals surface area contributed by atoms with Gasteiger partial charge in [-0.2, -0.15) is 0 Å². The molecule has 0 saturated carbocycles. The van der Waals surface area contributed by atoms with E-state index in [4.69, 9.17) is 0 Å². The van der Waals surface area contributed by atoms with E-state index in [1.165, 1.54) is 0 Å². The van der Waals surface area contributed by atoms with Gasteiger partial charge in [-0.15, -0.1) is 0 Å². The van der Waals surface area contributed by atoms with E-state index in [1.807, 2.05) is 14.1 Å². The molecular formula is C9H21N3OS. The van der Waals surface area contributed by atoms with Crippen molar-refractivity contribution in [3.05, 3.63) is 0 Å². The molecule has 0 aromatic heterocycles. The van der Waals surface area contributed by atoms with Crippen molar-refractivity contribution >= 4 is 18.7 Å². The van der Waals surface area contributed by atoms with Crippen LogP contribution in [0.2, 0.25) is 0 Å². The minimum atomic E-state index is -0.610. The Morgan fingerprint density at radius 1 is 1.43 bits per heavy atom. The van der Waals surface area contributed by atoms with Crippen LogP contribution in [0.3, 0.4) is 0 Å². The average molecular weight is 219 g/mol. The number of amides is 1. The van der Waals surface area contributed by atoms with Gasteiger partial charge in [0.15, 0.2) is 0 Å². The molecule has 2 N–H and O–H groups in total. The molecule has 0 radical (unpaired) electrons. The first-order valence-electron chi connectivity index (χ1n) is 4.74. The van der Waals surface area contributed by atoms with Crippen LogP contribution in [0.15, 0.2) is 0 Å². The summed E-state index contributed by atoms with van der Waals surface area (Å²) in [5, 5.41) is 2.85. The van der Waals surface area contributed by atoms with Crippen LogP contribution < -0.4 is 10.0 Å². The van der Waals surface area contributed by atoms with Gasteiger partial charge in [0.2, 0.25) is 5.91 Å². The summed E-state index contributed by atoms with van der Waals surface area (Å²) in [6.45, 7) is 5.27. The highest BCUT2D eigenvalue weighted by Gasteiger charge is 2.24. The van der Waals surface area contributed by atoms with Crippen molar-refractivity contribution in [2.75, 3.05) is 27.2 Å². The maximum absolute atomic E-state index is 11.5. The third-order valence-corrected chi connectivity index (χ3v) is 2.47. The van der Waals surface area contributed by atoms with Gasteiger partial charge in [-0.05, 0) is 40.9 Å². The Hall–Kier alpha value is -0.260. The number of hydrogen-bond donors (Lipinski definition) is 3. The van der Waals surface area contributed by atoms with Gasteiger partial charge in [0, 0.05) is 6.54 Å². The van der Waals surface area contributed by atoms with Crippen LogP contribution in [0.1, 0.15) is 20.3 Å². The SMILES string of the molecule is CN(C)CCCNC(=O)C(C)(C)NS. The molecule has 1 amide bonds. The van der Waals surface area contributed by atoms with Crippen LogP contribution in [-0.2, 0) is 4.79 Å². The van der Waals surface area contributed by atoms with Crippen LogP contribution in [0.25, 0.3) is 0 Å². The monoisotopic (exact) mass is 219 g/mol. The Kier molecular flexibility index (Phi) is 6.15. The fourth-order valence-electron chi connectivity index (χ4n) is 0.869. The minimum Gasteiger partial charge on any atom is -0.354 e. The van der Waals surface area contributed by atoms with Gasteiger partial charge >= 0.3 is 0 Å². The highest BCUT2D eigenvalue weighted by molar-refractivity contribution is 7.78. The van der Waals surface area contributed by atoms with Gasteiger partial charge in [-0.1, -0.05) is 12.8 Å². The molecule has 0 fully saturated rings. The second-order valence-corrected chi connectivity index (χ2v) is 4.37. The normalized spacial score (nSPS) is 11.9. The van der Waals surface area contributed by atoms with E-state index in [9.17, 15) is 4.79 Å². The van der Waals surface area contributed by atoms with Crippen LogP contribution in [0.5, 0.6) is 0 Å². The molecule has 0 aliphatic heterocycles. The molecule has 5 heteroatoms. The molecule has 0 atom stereocenters. The zero-order valence-electron chi connectivity index (χ0n) is 9.42. The van der Waals surface area contributed by atoms with E-state index >= 15 is 0 Å². The molecule has 4 nitrogen and oxygen atoms in total. The summed E-state index contributed by atoms with van der Waals surface area (Å²) in [5.41, 5.74) is -0.610. The van der Waals surface area contributed by atoms with Crippen molar-refractivity contribution < 1.29 is 4.79 Å². The van der Waals surface area contributed by atoms with Crippen LogP contribution in [-0.4, -0.2) is 43.5 Å². The predicted octanol–water partition coefficient (Wildman–Crippen LogP) is 0.267. The largest absolute Gasteiger partial charge is 0.354 e. The third kappa shape index (κ3) is 5.47. The number of carbonyl (C=O) groups is 1. The van der Waals surface area contributed by atoms with Gasteiger partial charge < -0.3 is 10.2 Å². The number of nitrogens with one attached hydrogen (secondary N) is 2. The van der Waals surface area contributed by atoms with Crippen molar-refractivity contribution in [3.8, 4) is 0 Å². The van der Waals surface area contributed by atoms with Crippen LogP contribution in [0, 0.1) is 0 Å². The Morgan fingerprint density at radius 2 is 2.00 bits per heavy atom. The Bertz CT molecular complexity index is 183. The lowest BCUT2D eigenvalue weighted by Crippen LogP contribution is -2.49. The van der Waals surface area contributed by atoms with Gasteiger partial charge in [-0.25, -0.2) is 0 Å². The Labute approximate surface area is 92.0 Å². The fraction of sp³-hybridized carbons (Fsp3) is 0.889. The zero-order chi connectivity index (χ0) is 11.2.